The van der Waals surface area contributed by atoms with Gasteiger partial charge in [-0.3, -0.25) is 0 Å². The molecule has 0 saturated carbocycles. The minimum Gasteiger partial charge on any atom is -0.467 e. The number of hydrogen-bond acceptors (Lipinski definition) is 3. The van der Waals surface area contributed by atoms with Gasteiger partial charge in [0.05, 0.1) is 7.11 Å². The van der Waals surface area contributed by atoms with Gasteiger partial charge in [-0.15, -0.1) is 0 Å². The molecule has 0 aromatic heterocycles. The SMILES string of the molecule is COC(=O)C(Nc1ccccc1)c1ccc(Cl)cc1. The molecule has 0 saturated heterocycles. The van der Waals surface area contributed by atoms with Gasteiger partial charge in [0, 0.05) is 10.7 Å². The molecular weight excluding hydrogens is 262 g/mol. The van der Waals surface area contributed by atoms with Gasteiger partial charge in [0.15, 0.2) is 6.04 Å². The molecule has 98 valence electrons. The summed E-state index contributed by atoms with van der Waals surface area (Å²) in [4.78, 5) is 11.9. The summed E-state index contributed by atoms with van der Waals surface area (Å²) >= 11 is 5.85. The molecular formula is C15H14ClNO2. The smallest absolute Gasteiger partial charge is 0.332 e. The van der Waals surface area contributed by atoms with Crippen LogP contribution >= 0.6 is 11.6 Å². The maximum absolute atomic E-state index is 11.9. The first-order valence-electron chi connectivity index (χ1n) is 5.85. The summed E-state index contributed by atoms with van der Waals surface area (Å²) in [5, 5.41) is 3.78. The number of hydrogen-bond donors (Lipinski definition) is 1. The van der Waals surface area contributed by atoms with E-state index in [1.807, 2.05) is 30.3 Å². The fraction of sp³-hybridized carbons (Fsp3) is 0.133. The van der Waals surface area contributed by atoms with Crippen LogP contribution in [-0.4, -0.2) is 13.1 Å². The van der Waals surface area contributed by atoms with Gasteiger partial charge < -0.3 is 10.1 Å². The van der Waals surface area contributed by atoms with E-state index < -0.39 is 6.04 Å². The van der Waals surface area contributed by atoms with Gasteiger partial charge in [0.1, 0.15) is 0 Å². The summed E-state index contributed by atoms with van der Waals surface area (Å²) in [6.07, 6.45) is 0. The number of anilines is 1. The third-order valence-corrected chi connectivity index (χ3v) is 2.98. The lowest BCUT2D eigenvalue weighted by atomic mass is 10.1. The number of benzene rings is 2. The number of ether oxygens (including phenoxy) is 1. The van der Waals surface area contributed by atoms with Crippen molar-refractivity contribution < 1.29 is 9.53 Å². The van der Waals surface area contributed by atoms with Crippen LogP contribution in [0.3, 0.4) is 0 Å². The Balaban J connectivity index is 2.26. The van der Waals surface area contributed by atoms with Crippen molar-refractivity contribution in [3.05, 3.63) is 65.2 Å². The third kappa shape index (κ3) is 3.48. The molecule has 0 spiro atoms. The Morgan fingerprint density at radius 2 is 1.74 bits per heavy atom. The molecule has 1 unspecified atom stereocenters. The predicted molar refractivity (Wildman–Crippen MR) is 76.3 cm³/mol. The Morgan fingerprint density at radius 3 is 2.32 bits per heavy atom. The lowest BCUT2D eigenvalue weighted by Crippen LogP contribution is -2.22. The Labute approximate surface area is 117 Å². The van der Waals surface area contributed by atoms with Crippen molar-refractivity contribution in [2.75, 3.05) is 12.4 Å². The van der Waals surface area contributed by atoms with Crippen LogP contribution in [0.25, 0.3) is 0 Å². The minimum atomic E-state index is -0.551. The summed E-state index contributed by atoms with van der Waals surface area (Å²) in [6.45, 7) is 0. The zero-order chi connectivity index (χ0) is 13.7. The van der Waals surface area contributed by atoms with Crippen LogP contribution in [-0.2, 0) is 9.53 Å². The molecule has 0 aliphatic rings. The third-order valence-electron chi connectivity index (χ3n) is 2.73. The molecule has 0 aliphatic carbocycles. The quantitative estimate of drug-likeness (QED) is 0.866. The molecule has 0 aliphatic heterocycles. The Hall–Kier alpha value is -2.00. The lowest BCUT2D eigenvalue weighted by Gasteiger charge is -2.18. The first-order chi connectivity index (χ1) is 9.20. The highest BCUT2D eigenvalue weighted by Gasteiger charge is 2.20. The molecule has 0 fully saturated rings. The molecule has 0 radical (unpaired) electrons. The van der Waals surface area contributed by atoms with Gasteiger partial charge in [-0.25, -0.2) is 4.79 Å². The van der Waals surface area contributed by atoms with Crippen LogP contribution in [0.15, 0.2) is 54.6 Å². The molecule has 19 heavy (non-hydrogen) atoms. The highest BCUT2D eigenvalue weighted by Crippen LogP contribution is 2.22. The number of methoxy groups -OCH3 is 1. The Kier molecular flexibility index (Phi) is 4.42. The molecule has 1 N–H and O–H groups in total. The first-order valence-corrected chi connectivity index (χ1v) is 6.23. The summed E-state index contributed by atoms with van der Waals surface area (Å²) in [5.74, 6) is -0.342. The minimum absolute atomic E-state index is 0.342. The number of esters is 1. The summed E-state index contributed by atoms with van der Waals surface area (Å²) in [7, 11) is 1.37. The largest absolute Gasteiger partial charge is 0.467 e. The molecule has 0 amide bonds. The van der Waals surface area contributed by atoms with Crippen molar-refractivity contribution >= 4 is 23.3 Å². The molecule has 2 rings (SSSR count). The topological polar surface area (TPSA) is 38.3 Å². The standard InChI is InChI=1S/C15H14ClNO2/c1-19-15(18)14(11-7-9-12(16)10-8-11)17-13-5-3-2-4-6-13/h2-10,14,17H,1H3. The number of rotatable bonds is 4. The van der Waals surface area contributed by atoms with Crippen molar-refractivity contribution in [1.82, 2.24) is 0 Å². The second kappa shape index (κ2) is 6.25. The molecule has 4 heteroatoms. The molecule has 2 aromatic carbocycles. The van der Waals surface area contributed by atoms with Crippen molar-refractivity contribution in [3.8, 4) is 0 Å². The Bertz CT molecular complexity index is 540. The van der Waals surface area contributed by atoms with Gasteiger partial charge in [-0.05, 0) is 29.8 Å². The Morgan fingerprint density at radius 1 is 1.11 bits per heavy atom. The summed E-state index contributed by atoms with van der Waals surface area (Å²) in [5.41, 5.74) is 1.66. The van der Waals surface area contributed by atoms with Gasteiger partial charge in [-0.1, -0.05) is 41.9 Å². The summed E-state index contributed by atoms with van der Waals surface area (Å²) in [6, 6.07) is 16.1. The van der Waals surface area contributed by atoms with Crippen LogP contribution in [0.1, 0.15) is 11.6 Å². The fourth-order valence-electron chi connectivity index (χ4n) is 1.75. The molecule has 2 aromatic rings. The van der Waals surface area contributed by atoms with E-state index in [9.17, 15) is 4.79 Å². The van der Waals surface area contributed by atoms with Crippen molar-refractivity contribution in [2.24, 2.45) is 0 Å². The van der Waals surface area contributed by atoms with E-state index in [4.69, 9.17) is 16.3 Å². The van der Waals surface area contributed by atoms with Gasteiger partial charge in [-0.2, -0.15) is 0 Å². The highest BCUT2D eigenvalue weighted by molar-refractivity contribution is 6.30. The van der Waals surface area contributed by atoms with E-state index in [2.05, 4.69) is 5.32 Å². The van der Waals surface area contributed by atoms with E-state index in [-0.39, 0.29) is 5.97 Å². The van der Waals surface area contributed by atoms with E-state index >= 15 is 0 Å². The maximum Gasteiger partial charge on any atom is 0.332 e. The molecule has 1 atom stereocenters. The zero-order valence-corrected chi connectivity index (χ0v) is 11.2. The van der Waals surface area contributed by atoms with Crippen molar-refractivity contribution in [1.29, 1.82) is 0 Å². The highest BCUT2D eigenvalue weighted by atomic mass is 35.5. The average molecular weight is 276 g/mol. The predicted octanol–water partition coefficient (Wildman–Crippen LogP) is 3.67. The number of nitrogens with one attached hydrogen (secondary N) is 1. The number of para-hydroxylation sites is 1. The van der Waals surface area contributed by atoms with Crippen LogP contribution in [0, 0.1) is 0 Å². The van der Waals surface area contributed by atoms with Crippen LogP contribution < -0.4 is 5.32 Å². The second-order valence-electron chi connectivity index (χ2n) is 4.02. The van der Waals surface area contributed by atoms with E-state index in [0.717, 1.165) is 11.3 Å². The van der Waals surface area contributed by atoms with Crippen molar-refractivity contribution in [2.45, 2.75) is 6.04 Å². The number of halogens is 1. The van der Waals surface area contributed by atoms with Crippen molar-refractivity contribution in [3.63, 3.8) is 0 Å². The van der Waals surface area contributed by atoms with Gasteiger partial charge >= 0.3 is 5.97 Å². The van der Waals surface area contributed by atoms with E-state index in [1.54, 1.807) is 24.3 Å². The zero-order valence-electron chi connectivity index (χ0n) is 10.5. The van der Waals surface area contributed by atoms with E-state index in [1.165, 1.54) is 7.11 Å². The van der Waals surface area contributed by atoms with Crippen LogP contribution in [0.4, 0.5) is 5.69 Å². The van der Waals surface area contributed by atoms with E-state index in [0.29, 0.717) is 5.02 Å². The van der Waals surface area contributed by atoms with Gasteiger partial charge in [0.2, 0.25) is 0 Å². The average Bonchev–Trinajstić information content (AvgIpc) is 2.46. The van der Waals surface area contributed by atoms with Crippen LogP contribution in [0.5, 0.6) is 0 Å². The maximum atomic E-state index is 11.9. The monoisotopic (exact) mass is 275 g/mol. The fourth-order valence-corrected chi connectivity index (χ4v) is 1.88. The molecule has 0 bridgehead atoms. The normalized spacial score (nSPS) is 11.7. The second-order valence-corrected chi connectivity index (χ2v) is 4.45. The molecule has 0 heterocycles. The molecule has 3 nitrogen and oxygen atoms in total. The lowest BCUT2D eigenvalue weighted by molar-refractivity contribution is -0.141. The number of carbonyl (C=O) groups excluding carboxylic acids is 1. The number of carbonyl (C=O) groups is 1. The van der Waals surface area contributed by atoms with Crippen LogP contribution in [0.2, 0.25) is 5.02 Å². The first kappa shape index (κ1) is 13.4. The summed E-state index contributed by atoms with van der Waals surface area (Å²) < 4.78 is 4.83. The van der Waals surface area contributed by atoms with Gasteiger partial charge in [0.25, 0.3) is 0 Å².